The molecular weight excluding hydrogens is 531 g/mol. The lowest BCUT2D eigenvalue weighted by molar-refractivity contribution is 0.0285. The molecule has 1 heterocycles. The molecule has 2 rings (SSSR count). The summed E-state index contributed by atoms with van der Waals surface area (Å²) >= 11 is 0. The number of aromatic nitrogens is 2. The Labute approximate surface area is 215 Å². The van der Waals surface area contributed by atoms with E-state index in [1.165, 1.54) is 0 Å². The van der Waals surface area contributed by atoms with Crippen LogP contribution in [0.1, 0.15) is 50.6 Å². The van der Waals surface area contributed by atoms with Crippen LogP contribution >= 0.6 is 24.0 Å². The van der Waals surface area contributed by atoms with Crippen LogP contribution in [-0.2, 0) is 24.4 Å². The summed E-state index contributed by atoms with van der Waals surface area (Å²) < 4.78 is 7.57. The molecule has 0 aliphatic heterocycles. The predicted molar refractivity (Wildman–Crippen MR) is 144 cm³/mol. The fourth-order valence-corrected chi connectivity index (χ4v) is 3.10. The molecule has 2 aromatic rings. The summed E-state index contributed by atoms with van der Waals surface area (Å²) in [5.41, 5.74) is 1.71. The van der Waals surface area contributed by atoms with Crippen molar-refractivity contribution in [3.8, 4) is 0 Å². The summed E-state index contributed by atoms with van der Waals surface area (Å²) in [6, 6.07) is 8.19. The maximum atomic E-state index is 12.1. The normalized spacial score (nSPS) is 11.5. The number of halogens is 1. The minimum Gasteiger partial charge on any atom is -0.444 e. The summed E-state index contributed by atoms with van der Waals surface area (Å²) in [5, 5.41) is 6.70. The minimum atomic E-state index is -0.494. The summed E-state index contributed by atoms with van der Waals surface area (Å²) in [6.07, 6.45) is 5.67. The van der Waals surface area contributed by atoms with Crippen molar-refractivity contribution in [3.05, 3.63) is 53.6 Å². The highest BCUT2D eigenvalue weighted by Gasteiger charge is 2.19. The Balaban J connectivity index is 0.00000544. The SMILES string of the molecule is CN=C(NCCCCn1ccnc1C)NCc1ccc(CN(C)C(=O)OC(C)(C)C)cc1.I. The molecule has 0 fully saturated rings. The van der Waals surface area contributed by atoms with Gasteiger partial charge < -0.3 is 24.8 Å². The van der Waals surface area contributed by atoms with E-state index in [0.717, 1.165) is 48.8 Å². The van der Waals surface area contributed by atoms with Crippen LogP contribution in [0.3, 0.4) is 0 Å². The van der Waals surface area contributed by atoms with E-state index in [0.29, 0.717) is 13.1 Å². The average Bonchev–Trinajstić information content (AvgIpc) is 3.14. The number of aryl methyl sites for hydroxylation is 2. The molecule has 0 bridgehead atoms. The van der Waals surface area contributed by atoms with Gasteiger partial charge in [0.2, 0.25) is 0 Å². The highest BCUT2D eigenvalue weighted by Crippen LogP contribution is 2.12. The molecule has 0 spiro atoms. The Kier molecular flexibility index (Phi) is 12.2. The first kappa shape index (κ1) is 28.7. The number of nitrogens with one attached hydrogen (secondary N) is 2. The molecule has 184 valence electrons. The number of hydrogen-bond donors (Lipinski definition) is 2. The van der Waals surface area contributed by atoms with Gasteiger partial charge >= 0.3 is 6.09 Å². The van der Waals surface area contributed by atoms with Crippen LogP contribution in [0.15, 0.2) is 41.7 Å². The first-order chi connectivity index (χ1) is 15.2. The number of nitrogens with zero attached hydrogens (tertiary/aromatic N) is 4. The lowest BCUT2D eigenvalue weighted by Crippen LogP contribution is -2.37. The van der Waals surface area contributed by atoms with Gasteiger partial charge in [-0.2, -0.15) is 0 Å². The number of carbonyl (C=O) groups is 1. The van der Waals surface area contributed by atoms with E-state index in [4.69, 9.17) is 4.74 Å². The van der Waals surface area contributed by atoms with Crippen LogP contribution in [0.4, 0.5) is 4.79 Å². The van der Waals surface area contributed by atoms with Crippen LogP contribution < -0.4 is 10.6 Å². The molecule has 0 aliphatic carbocycles. The minimum absolute atomic E-state index is 0. The maximum Gasteiger partial charge on any atom is 0.410 e. The molecule has 0 atom stereocenters. The second kappa shape index (κ2) is 14.1. The van der Waals surface area contributed by atoms with Crippen molar-refractivity contribution in [2.24, 2.45) is 4.99 Å². The monoisotopic (exact) mass is 570 g/mol. The van der Waals surface area contributed by atoms with Crippen molar-refractivity contribution in [1.29, 1.82) is 0 Å². The van der Waals surface area contributed by atoms with Gasteiger partial charge in [-0.1, -0.05) is 24.3 Å². The number of carbonyl (C=O) groups excluding carboxylic acids is 1. The van der Waals surface area contributed by atoms with Gasteiger partial charge in [-0.3, -0.25) is 4.99 Å². The second-order valence-electron chi connectivity index (χ2n) is 8.88. The van der Waals surface area contributed by atoms with E-state index in [-0.39, 0.29) is 30.1 Å². The molecule has 33 heavy (non-hydrogen) atoms. The Hall–Kier alpha value is -2.30. The molecule has 0 radical (unpaired) electrons. The van der Waals surface area contributed by atoms with Gasteiger partial charge in [0.05, 0.1) is 0 Å². The van der Waals surface area contributed by atoms with Crippen molar-refractivity contribution in [1.82, 2.24) is 25.1 Å². The first-order valence-corrected chi connectivity index (χ1v) is 11.1. The smallest absolute Gasteiger partial charge is 0.410 e. The van der Waals surface area contributed by atoms with Crippen molar-refractivity contribution in [2.75, 3.05) is 20.6 Å². The van der Waals surface area contributed by atoms with Crippen molar-refractivity contribution < 1.29 is 9.53 Å². The molecule has 0 saturated carbocycles. The zero-order valence-corrected chi connectivity index (χ0v) is 23.1. The molecule has 0 aliphatic rings. The van der Waals surface area contributed by atoms with Crippen molar-refractivity contribution >= 4 is 36.0 Å². The van der Waals surface area contributed by atoms with Gasteiger partial charge in [0.25, 0.3) is 0 Å². The van der Waals surface area contributed by atoms with Gasteiger partial charge in [0.15, 0.2) is 5.96 Å². The second-order valence-corrected chi connectivity index (χ2v) is 8.88. The number of ether oxygens (including phenoxy) is 1. The number of hydrogen-bond acceptors (Lipinski definition) is 4. The lowest BCUT2D eigenvalue weighted by Gasteiger charge is -2.24. The third-order valence-corrected chi connectivity index (χ3v) is 4.87. The summed E-state index contributed by atoms with van der Waals surface area (Å²) in [5.74, 6) is 1.84. The molecular formula is C24H39IN6O2. The number of amides is 1. The molecule has 0 saturated heterocycles. The average molecular weight is 571 g/mol. The topological polar surface area (TPSA) is 83.8 Å². The van der Waals surface area contributed by atoms with Crippen LogP contribution in [0, 0.1) is 6.92 Å². The highest BCUT2D eigenvalue weighted by atomic mass is 127. The van der Waals surface area contributed by atoms with E-state index in [1.54, 1.807) is 19.0 Å². The Morgan fingerprint density at radius 1 is 1.15 bits per heavy atom. The number of unbranched alkanes of at least 4 members (excludes halogenated alkanes) is 1. The summed E-state index contributed by atoms with van der Waals surface area (Å²) in [7, 11) is 3.52. The number of benzene rings is 1. The van der Waals surface area contributed by atoms with Crippen LogP contribution in [0.25, 0.3) is 0 Å². The number of aliphatic imine (C=N–C) groups is 1. The van der Waals surface area contributed by atoms with Crippen LogP contribution in [-0.4, -0.2) is 52.7 Å². The fraction of sp³-hybridized carbons (Fsp3) is 0.542. The molecule has 1 amide bonds. The Morgan fingerprint density at radius 2 is 1.82 bits per heavy atom. The van der Waals surface area contributed by atoms with Crippen LogP contribution in [0.5, 0.6) is 0 Å². The molecule has 9 heteroatoms. The molecule has 8 nitrogen and oxygen atoms in total. The first-order valence-electron chi connectivity index (χ1n) is 11.1. The van der Waals surface area contributed by atoms with Gasteiger partial charge in [0.1, 0.15) is 11.4 Å². The summed E-state index contributed by atoms with van der Waals surface area (Å²) in [6.45, 7) is 10.7. The van der Waals surface area contributed by atoms with Crippen LogP contribution in [0.2, 0.25) is 0 Å². The standard InChI is InChI=1S/C24H38N6O2.HI/c1-19-26-14-16-30(19)15-8-7-13-27-22(25-5)28-17-20-9-11-21(12-10-20)18-29(6)23(31)32-24(2,3)4;/h9-12,14,16H,7-8,13,15,17-18H2,1-6H3,(H2,25,27,28);1H. The zero-order valence-electron chi connectivity index (χ0n) is 20.7. The van der Waals surface area contributed by atoms with Gasteiger partial charge in [-0.05, 0) is 51.7 Å². The van der Waals surface area contributed by atoms with Gasteiger partial charge in [-0.15, -0.1) is 24.0 Å². The maximum absolute atomic E-state index is 12.1. The number of rotatable bonds is 9. The van der Waals surface area contributed by atoms with E-state index in [1.807, 2.05) is 52.2 Å². The zero-order chi connectivity index (χ0) is 23.6. The van der Waals surface area contributed by atoms with E-state index in [9.17, 15) is 4.79 Å². The fourth-order valence-electron chi connectivity index (χ4n) is 3.10. The number of guanidine groups is 1. The molecule has 2 N–H and O–H groups in total. The van der Waals surface area contributed by atoms with Gasteiger partial charge in [-0.25, -0.2) is 9.78 Å². The summed E-state index contributed by atoms with van der Waals surface area (Å²) in [4.78, 5) is 22.2. The van der Waals surface area contributed by atoms with E-state index >= 15 is 0 Å². The van der Waals surface area contributed by atoms with Crippen molar-refractivity contribution in [2.45, 2.75) is 65.8 Å². The molecule has 1 aromatic heterocycles. The van der Waals surface area contributed by atoms with Crippen molar-refractivity contribution in [3.63, 3.8) is 0 Å². The molecule has 1 aromatic carbocycles. The third kappa shape index (κ3) is 10.9. The Bertz CT molecular complexity index is 874. The Morgan fingerprint density at radius 3 is 2.39 bits per heavy atom. The lowest BCUT2D eigenvalue weighted by atomic mass is 10.1. The van der Waals surface area contributed by atoms with Gasteiger partial charge in [0, 0.05) is 52.7 Å². The third-order valence-electron chi connectivity index (χ3n) is 4.87. The quantitative estimate of drug-likeness (QED) is 0.203. The largest absolute Gasteiger partial charge is 0.444 e. The highest BCUT2D eigenvalue weighted by molar-refractivity contribution is 14.0. The number of imidazole rings is 1. The van der Waals surface area contributed by atoms with E-state index in [2.05, 4.69) is 37.3 Å². The van der Waals surface area contributed by atoms with E-state index < -0.39 is 5.60 Å². The molecule has 0 unspecified atom stereocenters. The predicted octanol–water partition coefficient (Wildman–Crippen LogP) is 4.32.